The number of piperidine rings is 1. The number of hydrogen-bond donors (Lipinski definition) is 2. The largest absolute Gasteiger partial charge is 0.352 e. The third-order valence-corrected chi connectivity index (χ3v) is 5.31. The van der Waals surface area contributed by atoms with E-state index in [2.05, 4.69) is 15.6 Å². The molecule has 0 bridgehead atoms. The lowest BCUT2D eigenvalue weighted by molar-refractivity contribution is 0.246. The lowest BCUT2D eigenvalue weighted by Gasteiger charge is -2.33. The number of aryl methyl sites for hydroxylation is 1. The average molecular weight is 391 g/mol. The van der Waals surface area contributed by atoms with Gasteiger partial charge < -0.3 is 20.1 Å². The highest BCUT2D eigenvalue weighted by Gasteiger charge is 2.24. The van der Waals surface area contributed by atoms with Crippen molar-refractivity contribution in [2.45, 2.75) is 32.4 Å². The maximum atomic E-state index is 13.0. The standard InChI is InChI=1S/C22H25N5O2/c1-2-27-19-11-7-6-10-18(19)25-20(21(27)28)26-14-12-17(13-15-26)24-22(29)23-16-8-4-3-5-9-16/h3-11,17H,2,12-15H2,1H3,(H2,23,24,29). The predicted octanol–water partition coefficient (Wildman–Crippen LogP) is 3.21. The van der Waals surface area contributed by atoms with Gasteiger partial charge in [0.15, 0.2) is 5.82 Å². The Hall–Kier alpha value is -3.35. The van der Waals surface area contributed by atoms with Gasteiger partial charge in [-0.05, 0) is 44.0 Å². The molecule has 29 heavy (non-hydrogen) atoms. The van der Waals surface area contributed by atoms with Crippen LogP contribution < -0.4 is 21.1 Å². The second-order valence-corrected chi connectivity index (χ2v) is 7.20. The maximum Gasteiger partial charge on any atom is 0.319 e. The van der Waals surface area contributed by atoms with Crippen molar-refractivity contribution in [3.05, 3.63) is 65.0 Å². The van der Waals surface area contributed by atoms with E-state index in [-0.39, 0.29) is 17.6 Å². The van der Waals surface area contributed by atoms with E-state index in [1.807, 2.05) is 66.4 Å². The van der Waals surface area contributed by atoms with Gasteiger partial charge in [-0.2, -0.15) is 0 Å². The van der Waals surface area contributed by atoms with Gasteiger partial charge in [-0.1, -0.05) is 30.3 Å². The van der Waals surface area contributed by atoms with Crippen LogP contribution >= 0.6 is 0 Å². The molecule has 0 saturated carbocycles. The first kappa shape index (κ1) is 19.0. The number of hydrogen-bond acceptors (Lipinski definition) is 4. The van der Waals surface area contributed by atoms with Crippen LogP contribution in [0.2, 0.25) is 0 Å². The van der Waals surface area contributed by atoms with Crippen LogP contribution in [0.1, 0.15) is 19.8 Å². The summed E-state index contributed by atoms with van der Waals surface area (Å²) in [5.74, 6) is 0.498. The molecule has 1 aliphatic heterocycles. The number of carbonyl (C=O) groups excluding carboxylic acids is 1. The molecule has 4 rings (SSSR count). The van der Waals surface area contributed by atoms with Gasteiger partial charge in [0.2, 0.25) is 0 Å². The molecule has 1 fully saturated rings. The van der Waals surface area contributed by atoms with Gasteiger partial charge in [0, 0.05) is 31.4 Å². The molecule has 1 aromatic heterocycles. The normalized spacial score (nSPS) is 14.7. The van der Waals surface area contributed by atoms with Crippen molar-refractivity contribution in [2.24, 2.45) is 0 Å². The highest BCUT2D eigenvalue weighted by molar-refractivity contribution is 5.89. The van der Waals surface area contributed by atoms with Gasteiger partial charge in [-0.15, -0.1) is 0 Å². The fourth-order valence-electron chi connectivity index (χ4n) is 3.81. The first-order valence-electron chi connectivity index (χ1n) is 10.0. The number of aromatic nitrogens is 2. The number of fused-ring (bicyclic) bond motifs is 1. The Morgan fingerprint density at radius 1 is 1.07 bits per heavy atom. The average Bonchev–Trinajstić information content (AvgIpc) is 2.75. The van der Waals surface area contributed by atoms with E-state index in [4.69, 9.17) is 0 Å². The Bertz CT molecular complexity index is 1060. The second kappa shape index (κ2) is 8.34. The Labute approximate surface area is 169 Å². The fourth-order valence-corrected chi connectivity index (χ4v) is 3.81. The highest BCUT2D eigenvalue weighted by atomic mass is 16.2. The van der Waals surface area contributed by atoms with Crippen LogP contribution in [0, 0.1) is 0 Å². The lowest BCUT2D eigenvalue weighted by Crippen LogP contribution is -2.47. The van der Waals surface area contributed by atoms with Gasteiger partial charge in [0.1, 0.15) is 0 Å². The third-order valence-electron chi connectivity index (χ3n) is 5.31. The van der Waals surface area contributed by atoms with E-state index in [1.165, 1.54) is 0 Å². The summed E-state index contributed by atoms with van der Waals surface area (Å²) in [6.45, 7) is 3.94. The zero-order chi connectivity index (χ0) is 20.2. The van der Waals surface area contributed by atoms with Crippen molar-refractivity contribution >= 4 is 28.6 Å². The quantitative estimate of drug-likeness (QED) is 0.716. The minimum atomic E-state index is -0.202. The van der Waals surface area contributed by atoms with E-state index >= 15 is 0 Å². The van der Waals surface area contributed by atoms with Crippen molar-refractivity contribution in [1.82, 2.24) is 14.9 Å². The van der Waals surface area contributed by atoms with Crippen LogP contribution in [0.5, 0.6) is 0 Å². The van der Waals surface area contributed by atoms with E-state index < -0.39 is 0 Å². The molecule has 1 aliphatic rings. The molecule has 2 heterocycles. The van der Waals surface area contributed by atoms with Crippen molar-refractivity contribution in [3.63, 3.8) is 0 Å². The number of para-hydroxylation sites is 3. The molecule has 2 N–H and O–H groups in total. The molecule has 2 aromatic carbocycles. The van der Waals surface area contributed by atoms with Crippen LogP contribution in [0.3, 0.4) is 0 Å². The van der Waals surface area contributed by atoms with Gasteiger partial charge in [-0.3, -0.25) is 4.79 Å². The summed E-state index contributed by atoms with van der Waals surface area (Å²) in [5, 5.41) is 5.87. The second-order valence-electron chi connectivity index (χ2n) is 7.20. The first-order valence-corrected chi connectivity index (χ1v) is 10.0. The molecule has 2 amide bonds. The molecule has 150 valence electrons. The van der Waals surface area contributed by atoms with E-state index in [0.717, 1.165) is 29.6 Å². The van der Waals surface area contributed by atoms with Crippen molar-refractivity contribution < 1.29 is 4.79 Å². The SMILES string of the molecule is CCn1c(=O)c(N2CCC(NC(=O)Nc3ccccc3)CC2)nc2ccccc21. The van der Waals surface area contributed by atoms with Crippen LogP contribution in [0.25, 0.3) is 11.0 Å². The Morgan fingerprint density at radius 2 is 1.76 bits per heavy atom. The van der Waals surface area contributed by atoms with E-state index in [0.29, 0.717) is 25.5 Å². The Balaban J connectivity index is 1.43. The molecule has 7 nitrogen and oxygen atoms in total. The molecule has 1 saturated heterocycles. The molecule has 0 spiro atoms. The summed E-state index contributed by atoms with van der Waals surface area (Å²) in [7, 11) is 0. The van der Waals surface area contributed by atoms with E-state index in [1.54, 1.807) is 4.57 Å². The smallest absolute Gasteiger partial charge is 0.319 e. The summed E-state index contributed by atoms with van der Waals surface area (Å²) >= 11 is 0. The van der Waals surface area contributed by atoms with Gasteiger partial charge in [0.25, 0.3) is 5.56 Å². The molecule has 0 unspecified atom stereocenters. The summed E-state index contributed by atoms with van der Waals surface area (Å²) in [4.78, 5) is 31.8. The zero-order valence-electron chi connectivity index (χ0n) is 16.5. The number of nitrogens with one attached hydrogen (secondary N) is 2. The number of carbonyl (C=O) groups is 1. The third kappa shape index (κ3) is 4.08. The van der Waals surface area contributed by atoms with Gasteiger partial charge >= 0.3 is 6.03 Å². The maximum absolute atomic E-state index is 13.0. The number of urea groups is 1. The van der Waals surface area contributed by atoms with E-state index in [9.17, 15) is 9.59 Å². The van der Waals surface area contributed by atoms with Crippen molar-refractivity contribution in [3.8, 4) is 0 Å². The minimum Gasteiger partial charge on any atom is -0.352 e. The molecule has 0 radical (unpaired) electrons. The molecular weight excluding hydrogens is 366 g/mol. The topological polar surface area (TPSA) is 79.3 Å². The molecule has 7 heteroatoms. The summed E-state index contributed by atoms with van der Waals surface area (Å²) < 4.78 is 1.77. The number of nitrogens with zero attached hydrogens (tertiary/aromatic N) is 3. The number of amides is 2. The molecule has 3 aromatic rings. The molecule has 0 aliphatic carbocycles. The van der Waals surface area contributed by atoms with Crippen LogP contribution in [0.4, 0.5) is 16.3 Å². The zero-order valence-corrected chi connectivity index (χ0v) is 16.5. The van der Waals surface area contributed by atoms with Crippen LogP contribution in [-0.2, 0) is 6.54 Å². The fraction of sp³-hybridized carbons (Fsp3) is 0.318. The Morgan fingerprint density at radius 3 is 2.48 bits per heavy atom. The predicted molar refractivity (Wildman–Crippen MR) is 116 cm³/mol. The first-order chi connectivity index (χ1) is 14.2. The number of rotatable bonds is 4. The summed E-state index contributed by atoms with van der Waals surface area (Å²) in [6, 6.07) is 17.0. The van der Waals surface area contributed by atoms with Gasteiger partial charge in [-0.25, -0.2) is 9.78 Å². The van der Waals surface area contributed by atoms with Crippen molar-refractivity contribution in [2.75, 3.05) is 23.3 Å². The summed E-state index contributed by atoms with van der Waals surface area (Å²) in [6.07, 6.45) is 1.53. The Kier molecular flexibility index (Phi) is 5.46. The van der Waals surface area contributed by atoms with Crippen molar-refractivity contribution in [1.29, 1.82) is 0 Å². The number of anilines is 2. The molecule has 0 atom stereocenters. The van der Waals surface area contributed by atoms with Gasteiger partial charge in [0.05, 0.1) is 11.0 Å². The lowest BCUT2D eigenvalue weighted by atomic mass is 10.1. The monoisotopic (exact) mass is 391 g/mol. The van der Waals surface area contributed by atoms with Crippen LogP contribution in [-0.4, -0.2) is 34.7 Å². The van der Waals surface area contributed by atoms with Crippen LogP contribution in [0.15, 0.2) is 59.4 Å². The minimum absolute atomic E-state index is 0.0561. The molecular formula is C22H25N5O2. The highest BCUT2D eigenvalue weighted by Crippen LogP contribution is 2.19. The number of benzene rings is 2. The summed E-state index contributed by atoms with van der Waals surface area (Å²) in [5.41, 5.74) is 2.40.